The lowest BCUT2D eigenvalue weighted by atomic mass is 10.1. The van der Waals surface area contributed by atoms with Gasteiger partial charge in [-0.1, -0.05) is 138 Å². The quantitative estimate of drug-likeness (QED) is 0.0156. The van der Waals surface area contributed by atoms with Crippen molar-refractivity contribution in [2.24, 2.45) is 0 Å². The van der Waals surface area contributed by atoms with E-state index in [-0.39, 0.29) is 26.1 Å². The van der Waals surface area contributed by atoms with Gasteiger partial charge in [-0.2, -0.15) is 0 Å². The minimum absolute atomic E-state index is 0.00588. The Morgan fingerprint density at radius 3 is 1.82 bits per heavy atom. The molecular weight excluding hydrogens is 741 g/mol. The van der Waals surface area contributed by atoms with Gasteiger partial charge in [-0.3, -0.25) is 18.6 Å². The predicted molar refractivity (Wildman–Crippen MR) is 235 cm³/mol. The van der Waals surface area contributed by atoms with Crippen LogP contribution in [0.5, 0.6) is 0 Å². The number of esters is 2. The normalized spacial score (nSPS) is 14.9. The molecule has 0 bridgehead atoms. The van der Waals surface area contributed by atoms with Gasteiger partial charge in [0.05, 0.1) is 33.9 Å². The van der Waals surface area contributed by atoms with E-state index in [4.69, 9.17) is 18.5 Å². The van der Waals surface area contributed by atoms with Gasteiger partial charge < -0.3 is 24.0 Å². The zero-order valence-electron chi connectivity index (χ0n) is 36.4. The number of aliphatic hydroxyl groups is 1. The van der Waals surface area contributed by atoms with Crippen LogP contribution in [0.25, 0.3) is 0 Å². The number of phosphoric acid groups is 1. The van der Waals surface area contributed by atoms with Crippen LogP contribution in [0.4, 0.5) is 0 Å². The Morgan fingerprint density at radius 2 is 1.21 bits per heavy atom. The number of rotatable bonds is 38. The molecule has 0 saturated heterocycles. The minimum atomic E-state index is -4.43. The van der Waals surface area contributed by atoms with Gasteiger partial charge in [-0.15, -0.1) is 0 Å². The van der Waals surface area contributed by atoms with Crippen LogP contribution in [-0.2, 0) is 32.7 Å². The Balaban J connectivity index is 4.59. The summed E-state index contributed by atoms with van der Waals surface area (Å²) in [5.74, 6) is -1.01. The van der Waals surface area contributed by atoms with Gasteiger partial charge in [0.25, 0.3) is 0 Å². The van der Waals surface area contributed by atoms with Gasteiger partial charge in [0.2, 0.25) is 0 Å². The first-order chi connectivity index (χ1) is 27.4. The number of unbranched alkanes of at least 4 members (excludes halogenated alkanes) is 11. The zero-order chi connectivity index (χ0) is 42.3. The van der Waals surface area contributed by atoms with Crippen molar-refractivity contribution < 1.29 is 47.2 Å². The molecule has 0 aromatic carbocycles. The number of hydrogen-bond donors (Lipinski definition) is 2. The van der Waals surface area contributed by atoms with Gasteiger partial charge in [-0.05, 0) is 70.6 Å². The fraction of sp³-hybridized carbons (Fsp3) is 0.696. The molecule has 0 rings (SSSR count). The van der Waals surface area contributed by atoms with E-state index in [1.807, 2.05) is 33.3 Å². The van der Waals surface area contributed by atoms with Crippen LogP contribution in [0, 0.1) is 0 Å². The second-order valence-corrected chi connectivity index (χ2v) is 17.0. The molecule has 0 fully saturated rings. The first kappa shape index (κ1) is 54.4. The molecule has 0 aliphatic carbocycles. The lowest BCUT2D eigenvalue weighted by Crippen LogP contribution is -2.37. The molecule has 0 spiro atoms. The number of ether oxygens (including phenoxy) is 2. The molecule has 10 nitrogen and oxygen atoms in total. The molecular formula is C46H81NO9P+. The highest BCUT2D eigenvalue weighted by molar-refractivity contribution is 7.47. The first-order valence-electron chi connectivity index (χ1n) is 21.8. The third-order valence-electron chi connectivity index (χ3n) is 8.82. The van der Waals surface area contributed by atoms with E-state index in [1.54, 1.807) is 12.2 Å². The molecule has 0 amide bonds. The van der Waals surface area contributed by atoms with E-state index in [9.17, 15) is 24.2 Å². The van der Waals surface area contributed by atoms with Gasteiger partial charge in [-0.25, -0.2) is 4.57 Å². The first-order valence-corrected chi connectivity index (χ1v) is 23.3. The fourth-order valence-electron chi connectivity index (χ4n) is 5.39. The second kappa shape index (κ2) is 37.7. The maximum Gasteiger partial charge on any atom is 0.472 e. The van der Waals surface area contributed by atoms with Gasteiger partial charge in [0.15, 0.2) is 6.10 Å². The van der Waals surface area contributed by atoms with Crippen LogP contribution < -0.4 is 0 Å². The molecule has 0 aromatic heterocycles. The highest BCUT2D eigenvalue weighted by Gasteiger charge is 2.27. The molecule has 328 valence electrons. The summed E-state index contributed by atoms with van der Waals surface area (Å²) in [7, 11) is 1.34. The molecule has 0 saturated carbocycles. The third kappa shape index (κ3) is 41.4. The van der Waals surface area contributed by atoms with Crippen LogP contribution >= 0.6 is 7.82 Å². The number of carbonyl (C=O) groups is 2. The highest BCUT2D eigenvalue weighted by Crippen LogP contribution is 2.43. The minimum Gasteiger partial charge on any atom is -0.462 e. The smallest absolute Gasteiger partial charge is 0.462 e. The van der Waals surface area contributed by atoms with Crippen molar-refractivity contribution in [2.75, 3.05) is 47.5 Å². The van der Waals surface area contributed by atoms with Gasteiger partial charge in [0, 0.05) is 12.8 Å². The third-order valence-corrected chi connectivity index (χ3v) is 9.81. The number of nitrogens with zero attached hydrogens (tertiary/aromatic N) is 1. The zero-order valence-corrected chi connectivity index (χ0v) is 37.3. The number of quaternary nitrogens is 1. The molecule has 57 heavy (non-hydrogen) atoms. The molecule has 0 aliphatic rings. The van der Waals surface area contributed by atoms with E-state index in [0.717, 1.165) is 51.4 Å². The summed E-state index contributed by atoms with van der Waals surface area (Å²) in [5.41, 5.74) is 0. The SMILES string of the molecule is CC/C=C\C/C=C\C/C=C\C/C=C\C=C\C(O)CCCC(=O)O[C@H](COC(=O)CCCCCCCCC/C=C\CCCCCC)COP(=O)(O)OCC[N+](C)(C)C. The number of hydrogen-bond acceptors (Lipinski definition) is 8. The lowest BCUT2D eigenvalue weighted by Gasteiger charge is -2.24. The molecule has 0 aliphatic heterocycles. The molecule has 11 heteroatoms. The second-order valence-electron chi connectivity index (χ2n) is 15.5. The van der Waals surface area contributed by atoms with E-state index >= 15 is 0 Å². The molecule has 0 radical (unpaired) electrons. The van der Waals surface area contributed by atoms with Gasteiger partial charge in [0.1, 0.15) is 19.8 Å². The van der Waals surface area contributed by atoms with E-state index < -0.39 is 38.6 Å². The molecule has 3 atom stereocenters. The predicted octanol–water partition coefficient (Wildman–Crippen LogP) is 11.2. The Kier molecular flexibility index (Phi) is 36.0. The molecule has 2 N–H and O–H groups in total. The summed E-state index contributed by atoms with van der Waals surface area (Å²) in [6.07, 6.45) is 42.7. The maximum atomic E-state index is 12.7. The Hall–Kier alpha value is -2.59. The van der Waals surface area contributed by atoms with Crippen molar-refractivity contribution in [3.05, 3.63) is 72.9 Å². The van der Waals surface area contributed by atoms with Crippen LogP contribution in [0.2, 0.25) is 0 Å². The number of carbonyl (C=O) groups excluding carboxylic acids is 2. The Bertz CT molecular complexity index is 1220. The number of allylic oxidation sites excluding steroid dienone is 11. The van der Waals surface area contributed by atoms with Crippen molar-refractivity contribution >= 4 is 19.8 Å². The standard InChI is InChI=1S/C46H80NO9P/c1-6-8-10-12-14-16-18-20-21-23-25-27-29-31-33-37-45(49)53-41-44(42-55-57(51,52)54-40-39-47(3,4)5)56-46(50)38-34-36-43(48)35-32-30-28-26-24-22-19-17-15-13-11-9-7-2/h9,11,15-18,22,24,28,30,32,35,43-44,48H,6-8,10,12-14,19-21,23,25-27,29,31,33-34,36-42H2,1-5H3/p+1/b11-9-,17-15-,18-16-,24-22-,30-28-,35-32+/t43?,44-/m1/s1. The van der Waals surface area contributed by atoms with E-state index in [2.05, 4.69) is 62.5 Å². The number of likely N-dealkylation sites (N-methyl/N-ethyl adjacent to an activating group) is 1. The van der Waals surface area contributed by atoms with Crippen molar-refractivity contribution in [3.8, 4) is 0 Å². The maximum absolute atomic E-state index is 12.7. The molecule has 0 aromatic rings. The molecule has 0 heterocycles. The summed E-state index contributed by atoms with van der Waals surface area (Å²) in [5, 5.41) is 10.3. The number of aliphatic hydroxyl groups excluding tert-OH is 1. The summed E-state index contributed by atoms with van der Waals surface area (Å²) in [4.78, 5) is 35.4. The highest BCUT2D eigenvalue weighted by atomic mass is 31.2. The lowest BCUT2D eigenvalue weighted by molar-refractivity contribution is -0.870. The van der Waals surface area contributed by atoms with Crippen molar-refractivity contribution in [1.29, 1.82) is 0 Å². The van der Waals surface area contributed by atoms with E-state index in [1.165, 1.54) is 51.4 Å². The summed E-state index contributed by atoms with van der Waals surface area (Å²) in [6, 6.07) is 0. The fourth-order valence-corrected chi connectivity index (χ4v) is 6.13. The van der Waals surface area contributed by atoms with E-state index in [0.29, 0.717) is 30.3 Å². The largest absolute Gasteiger partial charge is 0.472 e. The topological polar surface area (TPSA) is 129 Å². The van der Waals surface area contributed by atoms with Crippen LogP contribution in [0.15, 0.2) is 72.9 Å². The molecule has 2 unspecified atom stereocenters. The number of phosphoric ester groups is 1. The van der Waals surface area contributed by atoms with Crippen LogP contribution in [0.3, 0.4) is 0 Å². The van der Waals surface area contributed by atoms with Crippen LogP contribution in [0.1, 0.15) is 149 Å². The average Bonchev–Trinajstić information content (AvgIpc) is 3.15. The van der Waals surface area contributed by atoms with Gasteiger partial charge >= 0.3 is 19.8 Å². The van der Waals surface area contributed by atoms with Crippen molar-refractivity contribution in [1.82, 2.24) is 0 Å². The van der Waals surface area contributed by atoms with Crippen LogP contribution in [-0.4, -0.2) is 86.1 Å². The summed E-state index contributed by atoms with van der Waals surface area (Å²) >= 11 is 0. The Labute approximate surface area is 347 Å². The van der Waals surface area contributed by atoms with Crippen molar-refractivity contribution in [2.45, 2.75) is 161 Å². The summed E-state index contributed by atoms with van der Waals surface area (Å²) in [6.45, 7) is 4.04. The monoisotopic (exact) mass is 823 g/mol. The summed E-state index contributed by atoms with van der Waals surface area (Å²) < 4.78 is 34.1. The van der Waals surface area contributed by atoms with Crippen molar-refractivity contribution in [3.63, 3.8) is 0 Å². The Morgan fingerprint density at radius 1 is 0.649 bits per heavy atom. The average molecular weight is 823 g/mol.